The number of nitrogen functional groups attached to an aromatic ring is 1. The molecule has 0 saturated carbocycles. The number of hydrogen-bond acceptors (Lipinski definition) is 5. The summed E-state index contributed by atoms with van der Waals surface area (Å²) >= 11 is 0. The van der Waals surface area contributed by atoms with Crippen LogP contribution in [0.15, 0.2) is 18.2 Å². The van der Waals surface area contributed by atoms with Crippen LogP contribution < -0.4 is 26.4 Å². The van der Waals surface area contributed by atoms with E-state index in [1.54, 1.807) is 6.07 Å². The Kier molecular flexibility index (Phi) is 6.68. The maximum atomic E-state index is 11.9. The fourth-order valence-corrected chi connectivity index (χ4v) is 1.55. The predicted molar refractivity (Wildman–Crippen MR) is 81.4 cm³/mol. The molecule has 8 nitrogen and oxygen atoms in total. The van der Waals surface area contributed by atoms with Gasteiger partial charge in [0.1, 0.15) is 5.75 Å². The van der Waals surface area contributed by atoms with Gasteiger partial charge in [-0.25, -0.2) is 0 Å². The van der Waals surface area contributed by atoms with Crippen molar-refractivity contribution in [3.05, 3.63) is 23.8 Å². The SMILES string of the molecule is CNC(=O)COc1ccc(C(=O)NCCNC(C)=O)cc1N. The second kappa shape index (κ2) is 8.50. The van der Waals surface area contributed by atoms with Crippen LogP contribution in [0.3, 0.4) is 0 Å². The van der Waals surface area contributed by atoms with Crippen LogP contribution in [-0.2, 0) is 9.59 Å². The zero-order valence-electron chi connectivity index (χ0n) is 12.6. The van der Waals surface area contributed by atoms with Crippen LogP contribution in [0.4, 0.5) is 5.69 Å². The Morgan fingerprint density at radius 2 is 1.86 bits per heavy atom. The number of rotatable bonds is 7. The second-order valence-electron chi connectivity index (χ2n) is 4.45. The van der Waals surface area contributed by atoms with Crippen LogP contribution in [0, 0.1) is 0 Å². The number of benzene rings is 1. The molecular weight excluding hydrogens is 288 g/mol. The summed E-state index contributed by atoms with van der Waals surface area (Å²) in [4.78, 5) is 33.7. The molecule has 1 aromatic rings. The number of hydrogen-bond donors (Lipinski definition) is 4. The maximum Gasteiger partial charge on any atom is 0.257 e. The van der Waals surface area contributed by atoms with E-state index in [1.807, 2.05) is 0 Å². The molecule has 0 spiro atoms. The van der Waals surface area contributed by atoms with E-state index < -0.39 is 0 Å². The van der Waals surface area contributed by atoms with Gasteiger partial charge in [0.2, 0.25) is 5.91 Å². The van der Waals surface area contributed by atoms with Crippen molar-refractivity contribution in [1.82, 2.24) is 16.0 Å². The molecule has 0 aliphatic heterocycles. The molecule has 1 rings (SSSR count). The highest BCUT2D eigenvalue weighted by Crippen LogP contribution is 2.22. The summed E-state index contributed by atoms with van der Waals surface area (Å²) in [7, 11) is 1.50. The lowest BCUT2D eigenvalue weighted by Crippen LogP contribution is -2.33. The molecule has 0 bridgehead atoms. The van der Waals surface area contributed by atoms with Gasteiger partial charge in [0.25, 0.3) is 11.8 Å². The highest BCUT2D eigenvalue weighted by atomic mass is 16.5. The van der Waals surface area contributed by atoms with Crippen LogP contribution >= 0.6 is 0 Å². The Morgan fingerprint density at radius 1 is 1.18 bits per heavy atom. The summed E-state index contributed by atoms with van der Waals surface area (Å²) in [6, 6.07) is 4.54. The fourth-order valence-electron chi connectivity index (χ4n) is 1.55. The molecule has 120 valence electrons. The van der Waals surface area contributed by atoms with Crippen molar-refractivity contribution in [2.24, 2.45) is 0 Å². The first-order chi connectivity index (χ1) is 10.4. The number of carbonyl (C=O) groups excluding carboxylic acids is 3. The molecular formula is C14H20N4O4. The Hall–Kier alpha value is -2.77. The Bertz CT molecular complexity index is 560. The van der Waals surface area contributed by atoms with Crippen molar-refractivity contribution < 1.29 is 19.1 Å². The first-order valence-corrected chi connectivity index (χ1v) is 6.69. The van der Waals surface area contributed by atoms with Gasteiger partial charge in [0.15, 0.2) is 6.61 Å². The van der Waals surface area contributed by atoms with Crippen LogP contribution in [0.1, 0.15) is 17.3 Å². The fraction of sp³-hybridized carbons (Fsp3) is 0.357. The van der Waals surface area contributed by atoms with E-state index in [0.717, 1.165) is 0 Å². The number of nitrogens with one attached hydrogen (secondary N) is 3. The molecule has 0 fully saturated rings. The minimum absolute atomic E-state index is 0.150. The van der Waals surface area contributed by atoms with Crippen LogP contribution in [-0.4, -0.2) is 44.5 Å². The average Bonchev–Trinajstić information content (AvgIpc) is 2.49. The third-order valence-electron chi connectivity index (χ3n) is 2.69. The summed E-state index contributed by atoms with van der Waals surface area (Å²) in [6.45, 7) is 1.92. The van der Waals surface area contributed by atoms with Gasteiger partial charge in [-0.15, -0.1) is 0 Å². The molecule has 5 N–H and O–H groups in total. The molecule has 22 heavy (non-hydrogen) atoms. The lowest BCUT2D eigenvalue weighted by Gasteiger charge is -2.10. The van der Waals surface area contributed by atoms with Crippen molar-refractivity contribution in [2.45, 2.75) is 6.92 Å². The van der Waals surface area contributed by atoms with E-state index >= 15 is 0 Å². The molecule has 0 unspecified atom stereocenters. The lowest BCUT2D eigenvalue weighted by molar-refractivity contribution is -0.122. The van der Waals surface area contributed by atoms with Gasteiger partial charge in [-0.2, -0.15) is 0 Å². The Labute approximate surface area is 128 Å². The van der Waals surface area contributed by atoms with Gasteiger partial charge in [0.05, 0.1) is 5.69 Å². The second-order valence-corrected chi connectivity index (χ2v) is 4.45. The van der Waals surface area contributed by atoms with Crippen molar-refractivity contribution in [3.63, 3.8) is 0 Å². The van der Waals surface area contributed by atoms with Gasteiger partial charge in [-0.3, -0.25) is 14.4 Å². The largest absolute Gasteiger partial charge is 0.482 e. The number of ether oxygens (including phenoxy) is 1. The van der Waals surface area contributed by atoms with Crippen LogP contribution in [0.25, 0.3) is 0 Å². The Morgan fingerprint density at radius 3 is 2.45 bits per heavy atom. The predicted octanol–water partition coefficient (Wildman–Crippen LogP) is -0.740. The zero-order valence-corrected chi connectivity index (χ0v) is 12.6. The number of amides is 3. The van der Waals surface area contributed by atoms with Crippen molar-refractivity contribution >= 4 is 23.4 Å². The van der Waals surface area contributed by atoms with Crippen molar-refractivity contribution in [2.75, 3.05) is 32.5 Å². The average molecular weight is 308 g/mol. The highest BCUT2D eigenvalue weighted by molar-refractivity contribution is 5.95. The van der Waals surface area contributed by atoms with E-state index in [-0.39, 0.29) is 30.0 Å². The zero-order chi connectivity index (χ0) is 16.5. The molecule has 0 atom stereocenters. The summed E-state index contributed by atoms with van der Waals surface area (Å²) in [5.74, 6) is -0.413. The van der Waals surface area contributed by atoms with Gasteiger partial charge < -0.3 is 26.4 Å². The third kappa shape index (κ3) is 5.70. The smallest absolute Gasteiger partial charge is 0.257 e. The first kappa shape index (κ1) is 17.3. The lowest BCUT2D eigenvalue weighted by atomic mass is 10.1. The topological polar surface area (TPSA) is 123 Å². The van der Waals surface area contributed by atoms with Gasteiger partial charge in [-0.1, -0.05) is 0 Å². The summed E-state index contributed by atoms with van der Waals surface area (Å²) in [5, 5.41) is 7.64. The Balaban J connectivity index is 2.54. The van der Waals surface area contributed by atoms with Gasteiger partial charge in [-0.05, 0) is 18.2 Å². The van der Waals surface area contributed by atoms with Crippen molar-refractivity contribution in [1.29, 1.82) is 0 Å². The van der Waals surface area contributed by atoms with Crippen molar-refractivity contribution in [3.8, 4) is 5.75 Å². The van der Waals surface area contributed by atoms with E-state index in [1.165, 1.54) is 26.1 Å². The molecule has 0 aromatic heterocycles. The molecule has 3 amide bonds. The van der Waals surface area contributed by atoms with Gasteiger partial charge in [0, 0.05) is 32.6 Å². The number of likely N-dealkylation sites (N-methyl/N-ethyl adjacent to an activating group) is 1. The monoisotopic (exact) mass is 308 g/mol. The standard InChI is InChI=1S/C14H20N4O4/c1-9(19)17-5-6-18-14(21)10-3-4-12(11(15)7-10)22-8-13(20)16-2/h3-4,7H,5-6,8,15H2,1-2H3,(H,16,20)(H,17,19)(H,18,21). The summed E-state index contributed by atoms with van der Waals surface area (Å²) in [5.41, 5.74) is 6.42. The number of carbonyl (C=O) groups is 3. The summed E-state index contributed by atoms with van der Waals surface area (Å²) in [6.07, 6.45) is 0. The number of nitrogens with two attached hydrogens (primary N) is 1. The van der Waals surface area contributed by atoms with E-state index in [9.17, 15) is 14.4 Å². The number of anilines is 1. The van der Waals surface area contributed by atoms with E-state index in [4.69, 9.17) is 10.5 Å². The normalized spacial score (nSPS) is 9.73. The first-order valence-electron chi connectivity index (χ1n) is 6.69. The summed E-state index contributed by atoms with van der Waals surface area (Å²) < 4.78 is 5.23. The molecule has 0 heterocycles. The molecule has 0 saturated heterocycles. The van der Waals surface area contributed by atoms with Gasteiger partial charge >= 0.3 is 0 Å². The minimum Gasteiger partial charge on any atom is -0.482 e. The molecule has 0 aliphatic carbocycles. The maximum absolute atomic E-state index is 11.9. The van der Waals surface area contributed by atoms with Crippen LogP contribution in [0.5, 0.6) is 5.75 Å². The molecule has 0 radical (unpaired) electrons. The van der Waals surface area contributed by atoms with E-state index in [2.05, 4.69) is 16.0 Å². The third-order valence-corrected chi connectivity index (χ3v) is 2.69. The molecule has 8 heteroatoms. The molecule has 0 aliphatic rings. The highest BCUT2D eigenvalue weighted by Gasteiger charge is 2.09. The molecule has 1 aromatic carbocycles. The minimum atomic E-state index is -0.310. The quantitative estimate of drug-likeness (QED) is 0.390. The van der Waals surface area contributed by atoms with E-state index in [0.29, 0.717) is 24.4 Å². The van der Waals surface area contributed by atoms with Crippen LogP contribution in [0.2, 0.25) is 0 Å².